The Morgan fingerprint density at radius 1 is 1.50 bits per heavy atom. The number of halogens is 2. The number of nitrogens with zero attached hydrogens (tertiary/aromatic N) is 4. The van der Waals surface area contributed by atoms with E-state index in [1.807, 2.05) is 6.92 Å². The lowest BCUT2D eigenvalue weighted by atomic mass is 10.5. The van der Waals surface area contributed by atoms with Gasteiger partial charge >= 0.3 is 0 Å². The number of hydrogen-bond donors (Lipinski definition) is 1. The first-order valence-corrected chi connectivity index (χ1v) is 5.27. The van der Waals surface area contributed by atoms with Crippen LogP contribution in [0, 0.1) is 10.5 Å². The van der Waals surface area contributed by atoms with Crippen LogP contribution in [0.4, 0.5) is 0 Å². The van der Waals surface area contributed by atoms with E-state index in [2.05, 4.69) is 37.7 Å². The Kier molecular flexibility index (Phi) is 2.58. The van der Waals surface area contributed by atoms with Crippen LogP contribution in [-0.2, 0) is 6.61 Å². The largest absolute Gasteiger partial charge is 0.388 e. The van der Waals surface area contributed by atoms with Crippen LogP contribution in [0.15, 0.2) is 0 Å². The van der Waals surface area contributed by atoms with Crippen LogP contribution in [0.3, 0.4) is 0 Å². The van der Waals surface area contributed by atoms with Gasteiger partial charge in [-0.2, -0.15) is 9.61 Å². The van der Waals surface area contributed by atoms with Crippen molar-refractivity contribution in [1.82, 2.24) is 19.6 Å². The molecule has 0 aliphatic carbocycles. The van der Waals surface area contributed by atoms with E-state index in [1.165, 1.54) is 4.52 Å². The molecule has 2 heterocycles. The summed E-state index contributed by atoms with van der Waals surface area (Å²) >= 11 is 7.99. The maximum atomic E-state index is 8.90. The van der Waals surface area contributed by atoms with Gasteiger partial charge in [0.1, 0.15) is 6.61 Å². The molecule has 2 aromatic rings. The smallest absolute Gasteiger partial charge is 0.227 e. The van der Waals surface area contributed by atoms with E-state index in [9.17, 15) is 0 Å². The highest BCUT2D eigenvalue weighted by molar-refractivity contribution is 14.1. The van der Waals surface area contributed by atoms with Crippen molar-refractivity contribution >= 4 is 39.8 Å². The zero-order valence-corrected chi connectivity index (χ0v) is 10.1. The summed E-state index contributed by atoms with van der Waals surface area (Å²) in [5.41, 5.74) is 1.48. The van der Waals surface area contributed by atoms with Gasteiger partial charge in [0.25, 0.3) is 0 Å². The average Bonchev–Trinajstić information content (AvgIpc) is 2.45. The predicted molar refractivity (Wildman–Crippen MR) is 59.2 cm³/mol. The van der Waals surface area contributed by atoms with Gasteiger partial charge in [-0.1, -0.05) is 0 Å². The standard InChI is InChI=1S/C7H6ClIN4O/c1-3-5(9)6-10-4(2-14)11-7(8)13(6)12-3/h14H,2H2,1H3. The minimum atomic E-state index is -0.226. The first-order valence-electron chi connectivity index (χ1n) is 3.81. The monoisotopic (exact) mass is 324 g/mol. The zero-order chi connectivity index (χ0) is 10.3. The highest BCUT2D eigenvalue weighted by Gasteiger charge is 2.12. The lowest BCUT2D eigenvalue weighted by Gasteiger charge is -1.98. The summed E-state index contributed by atoms with van der Waals surface area (Å²) in [5, 5.41) is 13.3. The third-order valence-corrected chi connectivity index (χ3v) is 3.24. The number of aryl methyl sites for hydroxylation is 1. The van der Waals surface area contributed by atoms with Gasteiger partial charge in [-0.15, -0.1) is 0 Å². The van der Waals surface area contributed by atoms with E-state index >= 15 is 0 Å². The summed E-state index contributed by atoms with van der Waals surface area (Å²) in [4.78, 5) is 8.00. The van der Waals surface area contributed by atoms with Gasteiger partial charge in [-0.05, 0) is 41.1 Å². The second kappa shape index (κ2) is 3.59. The van der Waals surface area contributed by atoms with Crippen molar-refractivity contribution in [3.05, 3.63) is 20.4 Å². The number of rotatable bonds is 1. The molecular formula is C7H6ClIN4O. The predicted octanol–water partition coefficient (Wildman–Crippen LogP) is 1.18. The molecule has 0 saturated carbocycles. The lowest BCUT2D eigenvalue weighted by Crippen LogP contribution is -2.02. The number of aliphatic hydroxyl groups is 1. The van der Waals surface area contributed by atoms with Gasteiger partial charge in [0.2, 0.25) is 5.28 Å². The van der Waals surface area contributed by atoms with Crippen molar-refractivity contribution < 1.29 is 5.11 Å². The van der Waals surface area contributed by atoms with Crippen molar-refractivity contribution in [2.24, 2.45) is 0 Å². The number of hydrogen-bond acceptors (Lipinski definition) is 4. The molecule has 0 spiro atoms. The quantitative estimate of drug-likeness (QED) is 0.800. The molecule has 0 saturated heterocycles. The van der Waals surface area contributed by atoms with Gasteiger partial charge in [-0.3, -0.25) is 0 Å². The highest BCUT2D eigenvalue weighted by Crippen LogP contribution is 2.18. The fourth-order valence-electron chi connectivity index (χ4n) is 1.09. The van der Waals surface area contributed by atoms with Crippen molar-refractivity contribution in [3.63, 3.8) is 0 Å². The summed E-state index contributed by atoms with van der Waals surface area (Å²) in [6.07, 6.45) is 0. The van der Waals surface area contributed by atoms with Crippen molar-refractivity contribution in [2.45, 2.75) is 13.5 Å². The summed E-state index contributed by atoms with van der Waals surface area (Å²) in [6.45, 7) is 1.64. The molecule has 0 fully saturated rings. The van der Waals surface area contributed by atoms with Crippen LogP contribution in [0.25, 0.3) is 5.65 Å². The minimum absolute atomic E-state index is 0.213. The van der Waals surface area contributed by atoms with Gasteiger partial charge in [0.15, 0.2) is 11.5 Å². The second-order valence-corrected chi connectivity index (χ2v) is 4.12. The fourth-order valence-corrected chi connectivity index (χ4v) is 1.77. The zero-order valence-electron chi connectivity index (χ0n) is 7.20. The molecule has 2 aromatic heterocycles. The topological polar surface area (TPSA) is 63.3 Å². The Balaban J connectivity index is 2.83. The number of aromatic nitrogens is 4. The van der Waals surface area contributed by atoms with Crippen molar-refractivity contribution in [3.8, 4) is 0 Å². The Labute approximate surface area is 98.3 Å². The van der Waals surface area contributed by atoms with Crippen LogP contribution in [-0.4, -0.2) is 24.7 Å². The molecule has 1 N–H and O–H groups in total. The molecule has 0 aliphatic rings. The van der Waals surface area contributed by atoms with E-state index < -0.39 is 0 Å². The molecule has 0 amide bonds. The van der Waals surface area contributed by atoms with Gasteiger partial charge in [0, 0.05) is 0 Å². The van der Waals surface area contributed by atoms with Crippen LogP contribution < -0.4 is 0 Å². The van der Waals surface area contributed by atoms with Crippen LogP contribution in [0.5, 0.6) is 0 Å². The van der Waals surface area contributed by atoms with E-state index in [0.29, 0.717) is 11.5 Å². The molecule has 0 radical (unpaired) electrons. The SMILES string of the molecule is Cc1nn2c(Cl)nc(CO)nc2c1I. The van der Waals surface area contributed by atoms with Gasteiger partial charge < -0.3 is 5.11 Å². The molecule has 0 aromatic carbocycles. The van der Waals surface area contributed by atoms with Gasteiger partial charge in [0.05, 0.1) is 9.26 Å². The second-order valence-electron chi connectivity index (χ2n) is 2.70. The van der Waals surface area contributed by atoms with E-state index in [4.69, 9.17) is 16.7 Å². The van der Waals surface area contributed by atoms with E-state index in [-0.39, 0.29) is 11.9 Å². The molecule has 74 valence electrons. The van der Waals surface area contributed by atoms with Crippen molar-refractivity contribution in [1.29, 1.82) is 0 Å². The third kappa shape index (κ3) is 1.47. The first-order chi connectivity index (χ1) is 6.63. The Hall–Kier alpha value is -0.470. The maximum Gasteiger partial charge on any atom is 0.227 e. The van der Waals surface area contributed by atoms with Crippen LogP contribution in [0.1, 0.15) is 11.5 Å². The Bertz CT molecular complexity index is 498. The summed E-state index contributed by atoms with van der Waals surface area (Å²) in [5.74, 6) is 0.306. The van der Waals surface area contributed by atoms with E-state index in [1.54, 1.807) is 0 Å². The molecule has 0 unspecified atom stereocenters. The fraction of sp³-hybridized carbons (Fsp3) is 0.286. The molecule has 2 rings (SSSR count). The molecule has 5 nitrogen and oxygen atoms in total. The average molecular weight is 325 g/mol. The summed E-state index contributed by atoms with van der Waals surface area (Å²) < 4.78 is 2.37. The first kappa shape index (κ1) is 10.1. The molecule has 0 aliphatic heterocycles. The highest BCUT2D eigenvalue weighted by atomic mass is 127. The summed E-state index contributed by atoms with van der Waals surface area (Å²) in [6, 6.07) is 0. The molecule has 14 heavy (non-hydrogen) atoms. The Morgan fingerprint density at radius 3 is 2.86 bits per heavy atom. The number of fused-ring (bicyclic) bond motifs is 1. The molecule has 0 atom stereocenters. The molecule has 0 bridgehead atoms. The third-order valence-electron chi connectivity index (χ3n) is 1.74. The minimum Gasteiger partial charge on any atom is -0.388 e. The maximum absolute atomic E-state index is 8.90. The van der Waals surface area contributed by atoms with Crippen molar-refractivity contribution in [2.75, 3.05) is 0 Å². The Morgan fingerprint density at radius 2 is 2.21 bits per heavy atom. The van der Waals surface area contributed by atoms with Gasteiger partial charge in [-0.25, -0.2) is 9.97 Å². The van der Waals surface area contributed by atoms with E-state index in [0.717, 1.165) is 9.26 Å². The molecule has 7 heteroatoms. The normalized spacial score (nSPS) is 11.1. The van der Waals surface area contributed by atoms with Crippen LogP contribution in [0.2, 0.25) is 5.28 Å². The molecular weight excluding hydrogens is 318 g/mol. The summed E-state index contributed by atoms with van der Waals surface area (Å²) in [7, 11) is 0. The lowest BCUT2D eigenvalue weighted by molar-refractivity contribution is 0.271. The van der Waals surface area contributed by atoms with Crippen LogP contribution >= 0.6 is 34.2 Å². The number of aliphatic hydroxyl groups excluding tert-OH is 1.